The molecule has 3 N–H and O–H groups in total. The molecule has 1 atom stereocenters. The second kappa shape index (κ2) is 10.5. The lowest BCUT2D eigenvalue weighted by Gasteiger charge is -2.16. The van der Waals surface area contributed by atoms with Gasteiger partial charge in [0, 0.05) is 22.5 Å². The van der Waals surface area contributed by atoms with Crippen LogP contribution >= 0.6 is 0 Å². The van der Waals surface area contributed by atoms with E-state index in [9.17, 15) is 14.0 Å². The third kappa shape index (κ3) is 5.06. The molecule has 1 saturated heterocycles. The van der Waals surface area contributed by atoms with Gasteiger partial charge in [0.2, 0.25) is 0 Å². The van der Waals surface area contributed by atoms with Gasteiger partial charge in [0.15, 0.2) is 0 Å². The molecule has 2 amide bonds. The summed E-state index contributed by atoms with van der Waals surface area (Å²) in [6.07, 6.45) is 2.56. The van der Waals surface area contributed by atoms with Crippen LogP contribution in [0.4, 0.5) is 26.4 Å². The van der Waals surface area contributed by atoms with Crippen LogP contribution in [0, 0.1) is 5.82 Å². The molecule has 3 heterocycles. The monoisotopic (exact) mass is 541 g/mol. The third-order valence-corrected chi connectivity index (χ3v) is 6.41. The zero-order valence-electron chi connectivity index (χ0n) is 21.3. The summed E-state index contributed by atoms with van der Waals surface area (Å²) in [5.41, 5.74) is 3.42. The van der Waals surface area contributed by atoms with E-state index in [1.807, 2.05) is 31.2 Å². The number of rotatable bonds is 8. The van der Waals surface area contributed by atoms with Gasteiger partial charge >= 0.3 is 6.09 Å². The minimum Gasteiger partial charge on any atom is -0.492 e. The van der Waals surface area contributed by atoms with E-state index < -0.39 is 18.0 Å². The Morgan fingerprint density at radius 2 is 2.10 bits per heavy atom. The first-order chi connectivity index (χ1) is 19.5. The Balaban J connectivity index is 1.32. The maximum atomic E-state index is 13.7. The molecule has 0 unspecified atom stereocenters. The molecule has 11 nitrogen and oxygen atoms in total. The summed E-state index contributed by atoms with van der Waals surface area (Å²) in [7, 11) is 0. The predicted octanol–water partition coefficient (Wildman–Crippen LogP) is 4.36. The average molecular weight is 542 g/mol. The maximum Gasteiger partial charge on any atom is 0.407 e. The minimum atomic E-state index is -0.814. The summed E-state index contributed by atoms with van der Waals surface area (Å²) >= 11 is 0. The van der Waals surface area contributed by atoms with Crippen LogP contribution in [-0.2, 0) is 16.1 Å². The number of carbonyl (C=O) groups excluding carboxylic acids is 2. The van der Waals surface area contributed by atoms with Gasteiger partial charge < -0.3 is 25.4 Å². The lowest BCUT2D eigenvalue weighted by atomic mass is 10.1. The highest BCUT2D eigenvalue weighted by molar-refractivity contribution is 6.02. The largest absolute Gasteiger partial charge is 0.492 e. The molecule has 0 bridgehead atoms. The minimum absolute atomic E-state index is 0.0591. The number of halogens is 1. The predicted molar refractivity (Wildman–Crippen MR) is 146 cm³/mol. The van der Waals surface area contributed by atoms with Crippen LogP contribution in [-0.4, -0.2) is 51.0 Å². The smallest absolute Gasteiger partial charge is 0.407 e. The molecule has 12 heteroatoms. The SMILES string of the molecule is CCOc1cc2ncnc(Nc3ccc4cnn(Cc5cccc(F)c5)c4c3)c2cc1NC(=O)[C@H]1COC(=O)N1. The number of hydrogen-bond donors (Lipinski definition) is 3. The second-order valence-electron chi connectivity index (χ2n) is 9.14. The Kier molecular flexibility index (Phi) is 6.56. The average Bonchev–Trinajstić information content (AvgIpc) is 3.55. The first kappa shape index (κ1) is 25.0. The van der Waals surface area contributed by atoms with E-state index in [0.29, 0.717) is 41.3 Å². The summed E-state index contributed by atoms with van der Waals surface area (Å²) in [5, 5.41) is 14.7. The topological polar surface area (TPSA) is 132 Å². The number of hydrogen-bond acceptors (Lipinski definition) is 8. The highest BCUT2D eigenvalue weighted by Crippen LogP contribution is 2.34. The van der Waals surface area contributed by atoms with E-state index in [4.69, 9.17) is 9.47 Å². The van der Waals surface area contributed by atoms with Gasteiger partial charge in [-0.1, -0.05) is 12.1 Å². The number of ether oxygens (including phenoxy) is 2. The van der Waals surface area contributed by atoms with Gasteiger partial charge in [0.1, 0.15) is 36.4 Å². The van der Waals surface area contributed by atoms with Gasteiger partial charge in [-0.25, -0.2) is 19.2 Å². The molecule has 0 spiro atoms. The number of nitrogens with zero attached hydrogens (tertiary/aromatic N) is 4. The number of anilines is 3. The van der Waals surface area contributed by atoms with Crippen LogP contribution < -0.4 is 20.7 Å². The summed E-state index contributed by atoms with van der Waals surface area (Å²) in [6.45, 7) is 2.56. The number of alkyl carbamates (subject to hydrolysis) is 1. The molecule has 202 valence electrons. The Bertz CT molecular complexity index is 1760. The fourth-order valence-corrected chi connectivity index (χ4v) is 4.52. The number of nitrogens with one attached hydrogen (secondary N) is 3. The zero-order chi connectivity index (χ0) is 27.6. The lowest BCUT2D eigenvalue weighted by molar-refractivity contribution is -0.117. The third-order valence-electron chi connectivity index (χ3n) is 6.41. The molecule has 6 rings (SSSR count). The summed E-state index contributed by atoms with van der Waals surface area (Å²) in [4.78, 5) is 33.0. The molecule has 5 aromatic rings. The van der Waals surface area contributed by atoms with Gasteiger partial charge in [0.25, 0.3) is 5.91 Å². The molecule has 0 radical (unpaired) electrons. The van der Waals surface area contributed by atoms with Crippen LogP contribution in [0.25, 0.3) is 21.8 Å². The number of fused-ring (bicyclic) bond motifs is 2. The standard InChI is InChI=1S/C28H24FN7O4/c1-2-39-25-11-21-20(10-22(25)34-27(37)23-14-40-28(38)35-23)26(31-15-30-21)33-19-7-6-17-12-32-36(24(17)9-19)13-16-4-3-5-18(29)8-16/h3-12,15,23H,2,13-14H2,1H3,(H,34,37)(H,35,38)(H,30,31,33)/t23-/m1/s1. The molecule has 1 aliphatic rings. The van der Waals surface area contributed by atoms with Gasteiger partial charge in [-0.05, 0) is 48.9 Å². The van der Waals surface area contributed by atoms with Gasteiger partial charge in [-0.2, -0.15) is 5.10 Å². The van der Waals surface area contributed by atoms with E-state index in [0.717, 1.165) is 22.2 Å². The van der Waals surface area contributed by atoms with E-state index in [1.165, 1.54) is 18.5 Å². The molecule has 1 fully saturated rings. The van der Waals surface area contributed by atoms with Crippen molar-refractivity contribution in [1.29, 1.82) is 0 Å². The van der Waals surface area contributed by atoms with E-state index in [1.54, 1.807) is 29.1 Å². The van der Waals surface area contributed by atoms with Gasteiger partial charge in [0.05, 0.1) is 36.1 Å². The highest BCUT2D eigenvalue weighted by Gasteiger charge is 2.29. The molecule has 0 saturated carbocycles. The van der Waals surface area contributed by atoms with Crippen molar-refractivity contribution >= 4 is 51.0 Å². The summed E-state index contributed by atoms with van der Waals surface area (Å²) < 4.78 is 26.1. The van der Waals surface area contributed by atoms with Crippen molar-refractivity contribution in [3.8, 4) is 5.75 Å². The summed E-state index contributed by atoms with van der Waals surface area (Å²) in [6, 6.07) is 14.9. The Morgan fingerprint density at radius 3 is 2.90 bits per heavy atom. The van der Waals surface area contributed by atoms with Crippen LogP contribution in [0.2, 0.25) is 0 Å². The van der Waals surface area contributed by atoms with Crippen molar-refractivity contribution in [3.63, 3.8) is 0 Å². The van der Waals surface area contributed by atoms with Gasteiger partial charge in [-0.3, -0.25) is 9.48 Å². The Morgan fingerprint density at radius 1 is 1.20 bits per heavy atom. The van der Waals surface area contributed by atoms with Crippen LogP contribution in [0.15, 0.2) is 67.1 Å². The molecular weight excluding hydrogens is 517 g/mol. The normalized spacial score (nSPS) is 14.7. The molecule has 2 aromatic heterocycles. The van der Waals surface area contributed by atoms with Crippen molar-refractivity contribution in [3.05, 3.63) is 78.5 Å². The van der Waals surface area contributed by atoms with Crippen molar-refractivity contribution in [1.82, 2.24) is 25.1 Å². The Labute approximate surface area is 227 Å². The number of cyclic esters (lactones) is 1. The highest BCUT2D eigenvalue weighted by atomic mass is 19.1. The van der Waals surface area contributed by atoms with Crippen LogP contribution in [0.3, 0.4) is 0 Å². The molecule has 1 aliphatic heterocycles. The Hall–Kier alpha value is -5.26. The second-order valence-corrected chi connectivity index (χ2v) is 9.14. The first-order valence-electron chi connectivity index (χ1n) is 12.6. The maximum absolute atomic E-state index is 13.7. The van der Waals surface area contributed by atoms with E-state index in [2.05, 4.69) is 31.0 Å². The lowest BCUT2D eigenvalue weighted by Crippen LogP contribution is -2.38. The molecule has 40 heavy (non-hydrogen) atoms. The quantitative estimate of drug-likeness (QED) is 0.264. The van der Waals surface area contributed by atoms with Crippen molar-refractivity contribution in [2.75, 3.05) is 23.8 Å². The van der Waals surface area contributed by atoms with Crippen LogP contribution in [0.1, 0.15) is 12.5 Å². The van der Waals surface area contributed by atoms with Gasteiger partial charge in [-0.15, -0.1) is 0 Å². The summed E-state index contributed by atoms with van der Waals surface area (Å²) in [5.74, 6) is 0.211. The molecular formula is C28H24FN7O4. The van der Waals surface area contributed by atoms with E-state index >= 15 is 0 Å². The van der Waals surface area contributed by atoms with Crippen LogP contribution in [0.5, 0.6) is 5.75 Å². The van der Waals surface area contributed by atoms with Crippen molar-refractivity contribution in [2.45, 2.75) is 19.5 Å². The molecule has 0 aliphatic carbocycles. The van der Waals surface area contributed by atoms with Crippen molar-refractivity contribution < 1.29 is 23.5 Å². The fourth-order valence-electron chi connectivity index (χ4n) is 4.52. The number of amides is 2. The number of carbonyl (C=O) groups is 2. The molecule has 3 aromatic carbocycles. The number of benzene rings is 3. The zero-order valence-corrected chi connectivity index (χ0v) is 21.3. The fraction of sp³-hybridized carbons (Fsp3) is 0.179. The van der Waals surface area contributed by atoms with Crippen molar-refractivity contribution in [2.24, 2.45) is 0 Å². The number of aromatic nitrogens is 4. The first-order valence-corrected chi connectivity index (χ1v) is 12.6. The van der Waals surface area contributed by atoms with E-state index in [-0.39, 0.29) is 12.4 Å².